The van der Waals surface area contributed by atoms with E-state index in [1.165, 1.54) is 5.38 Å². The number of benzene rings is 1. The van der Waals surface area contributed by atoms with E-state index in [-0.39, 0.29) is 18.0 Å². The second kappa shape index (κ2) is 6.99. The van der Waals surface area contributed by atoms with Crippen LogP contribution in [0.4, 0.5) is 10.8 Å². The number of carboxylic acid groups (broad SMARTS) is 1. The molecule has 1 aromatic carbocycles. The molecule has 1 aliphatic heterocycles. The maximum Gasteiger partial charge on any atom is 0.309 e. The van der Waals surface area contributed by atoms with Crippen LogP contribution in [0.15, 0.2) is 23.6 Å². The van der Waals surface area contributed by atoms with Gasteiger partial charge in [0.1, 0.15) is 6.04 Å². The Kier molecular flexibility index (Phi) is 4.94. The number of imide groups is 1. The van der Waals surface area contributed by atoms with E-state index in [1.807, 2.05) is 0 Å². The summed E-state index contributed by atoms with van der Waals surface area (Å²) in [5.74, 6) is -1.96. The summed E-state index contributed by atoms with van der Waals surface area (Å²) in [6.45, 7) is 0. The van der Waals surface area contributed by atoms with E-state index >= 15 is 0 Å². The third kappa shape index (κ3) is 3.60. The number of halogens is 2. The summed E-state index contributed by atoms with van der Waals surface area (Å²) >= 11 is 13.2. The average Bonchev–Trinajstić information content (AvgIpc) is 3.07. The van der Waals surface area contributed by atoms with Crippen LogP contribution in [0, 0.1) is 0 Å². The van der Waals surface area contributed by atoms with Crippen LogP contribution >= 0.6 is 34.5 Å². The van der Waals surface area contributed by atoms with E-state index in [9.17, 15) is 14.4 Å². The van der Waals surface area contributed by atoms with Crippen LogP contribution in [0.5, 0.6) is 0 Å². The molecule has 10 heteroatoms. The topological polar surface area (TPSA) is 99.6 Å². The fourth-order valence-electron chi connectivity index (χ4n) is 2.39. The molecule has 1 saturated heterocycles. The molecular formula is C15H11Cl2N3O4S. The number of carbonyl (C=O) groups excluding carboxylic acids is 2. The van der Waals surface area contributed by atoms with Gasteiger partial charge in [-0.05, 0) is 12.1 Å². The van der Waals surface area contributed by atoms with Crippen LogP contribution in [-0.2, 0) is 20.8 Å². The van der Waals surface area contributed by atoms with Crippen molar-refractivity contribution in [1.29, 1.82) is 0 Å². The number of aliphatic carboxylic acids is 1. The molecule has 7 nitrogen and oxygen atoms in total. The average molecular weight is 400 g/mol. The fourth-order valence-corrected chi connectivity index (χ4v) is 3.74. The van der Waals surface area contributed by atoms with Crippen molar-refractivity contribution < 1.29 is 19.5 Å². The summed E-state index contributed by atoms with van der Waals surface area (Å²) < 4.78 is 0. The molecule has 2 N–H and O–H groups in total. The highest BCUT2D eigenvalue weighted by atomic mass is 35.5. The number of nitrogens with zero attached hydrogens (tertiary/aromatic N) is 2. The molecule has 0 aliphatic carbocycles. The van der Waals surface area contributed by atoms with Gasteiger partial charge in [0.25, 0.3) is 5.91 Å². The molecule has 2 aromatic rings. The number of carboxylic acids is 1. The number of thiazole rings is 1. The van der Waals surface area contributed by atoms with Crippen molar-refractivity contribution in [1.82, 2.24) is 4.98 Å². The van der Waals surface area contributed by atoms with Gasteiger partial charge in [-0.25, -0.2) is 9.88 Å². The maximum absolute atomic E-state index is 12.6. The Morgan fingerprint density at radius 2 is 2.04 bits per heavy atom. The molecule has 130 valence electrons. The number of rotatable bonds is 5. The largest absolute Gasteiger partial charge is 0.481 e. The van der Waals surface area contributed by atoms with Crippen molar-refractivity contribution in [2.45, 2.75) is 18.9 Å². The molecule has 25 heavy (non-hydrogen) atoms. The second-order valence-electron chi connectivity index (χ2n) is 5.26. The van der Waals surface area contributed by atoms with Gasteiger partial charge in [0.2, 0.25) is 5.91 Å². The van der Waals surface area contributed by atoms with Crippen molar-refractivity contribution in [3.05, 3.63) is 39.3 Å². The molecule has 1 aliphatic rings. The van der Waals surface area contributed by atoms with Gasteiger partial charge in [0.05, 0.1) is 34.3 Å². The van der Waals surface area contributed by atoms with Gasteiger partial charge < -0.3 is 10.4 Å². The second-order valence-corrected chi connectivity index (χ2v) is 6.91. The van der Waals surface area contributed by atoms with Gasteiger partial charge in [0, 0.05) is 5.38 Å². The summed E-state index contributed by atoms with van der Waals surface area (Å²) in [6, 6.07) is 4.09. The van der Waals surface area contributed by atoms with E-state index in [0.717, 1.165) is 16.2 Å². The zero-order chi connectivity index (χ0) is 18.1. The van der Waals surface area contributed by atoms with Gasteiger partial charge in [0.15, 0.2) is 5.13 Å². The Hall–Kier alpha value is -2.16. The van der Waals surface area contributed by atoms with Crippen LogP contribution in [0.25, 0.3) is 0 Å². The predicted octanol–water partition coefficient (Wildman–Crippen LogP) is 2.82. The Labute approximate surface area is 156 Å². The monoisotopic (exact) mass is 399 g/mol. The number of amides is 2. The van der Waals surface area contributed by atoms with Gasteiger partial charge >= 0.3 is 5.97 Å². The lowest BCUT2D eigenvalue weighted by atomic mass is 10.2. The number of carbonyl (C=O) groups is 3. The lowest BCUT2D eigenvalue weighted by Crippen LogP contribution is -2.34. The Bertz CT molecular complexity index is 850. The van der Waals surface area contributed by atoms with Gasteiger partial charge in [-0.15, -0.1) is 11.3 Å². The molecule has 3 rings (SSSR count). The standard InChI is InChI=1S/C15H11Cl2N3O4S/c16-8-2-1-3-9(17)13(8)19-10-5-11(21)20(14(10)24)15-18-7(6-25-15)4-12(22)23/h1-3,6,10,19H,4-5H2,(H,22,23). The minimum Gasteiger partial charge on any atom is -0.481 e. The highest BCUT2D eigenvalue weighted by Crippen LogP contribution is 2.33. The zero-order valence-corrected chi connectivity index (χ0v) is 14.9. The third-order valence-corrected chi connectivity index (χ3v) is 5.00. The first-order valence-corrected chi connectivity index (χ1v) is 8.74. The quantitative estimate of drug-likeness (QED) is 0.749. The summed E-state index contributed by atoms with van der Waals surface area (Å²) in [7, 11) is 0. The van der Waals surface area contributed by atoms with E-state index < -0.39 is 23.8 Å². The number of nitrogens with one attached hydrogen (secondary N) is 1. The molecule has 2 amide bonds. The van der Waals surface area contributed by atoms with Gasteiger partial charge in [-0.2, -0.15) is 0 Å². The third-order valence-electron chi connectivity index (χ3n) is 3.49. The molecule has 0 spiro atoms. The number of anilines is 2. The van der Waals surface area contributed by atoms with Crippen molar-refractivity contribution in [3.8, 4) is 0 Å². The van der Waals surface area contributed by atoms with E-state index in [2.05, 4.69) is 10.3 Å². The Morgan fingerprint density at radius 3 is 2.68 bits per heavy atom. The molecule has 0 radical (unpaired) electrons. The van der Waals surface area contributed by atoms with Crippen molar-refractivity contribution >= 4 is 63.1 Å². The predicted molar refractivity (Wildman–Crippen MR) is 94.4 cm³/mol. The van der Waals surface area contributed by atoms with E-state index in [4.69, 9.17) is 28.3 Å². The summed E-state index contributed by atoms with van der Waals surface area (Å²) in [5, 5.41) is 14.0. The minimum atomic E-state index is -1.04. The summed E-state index contributed by atoms with van der Waals surface area (Å²) in [5.41, 5.74) is 0.670. The first-order valence-electron chi connectivity index (χ1n) is 7.10. The molecule has 2 heterocycles. The molecule has 1 atom stereocenters. The Balaban J connectivity index is 1.80. The number of para-hydroxylation sites is 1. The van der Waals surface area contributed by atoms with Crippen LogP contribution < -0.4 is 10.2 Å². The summed E-state index contributed by atoms with van der Waals surface area (Å²) in [6.07, 6.45) is -0.349. The van der Waals surface area contributed by atoms with Gasteiger partial charge in [-0.3, -0.25) is 14.4 Å². The normalized spacial score (nSPS) is 17.2. The molecule has 0 bridgehead atoms. The highest BCUT2D eigenvalue weighted by molar-refractivity contribution is 7.14. The minimum absolute atomic E-state index is 0.0752. The van der Waals surface area contributed by atoms with Crippen LogP contribution in [-0.4, -0.2) is 33.9 Å². The van der Waals surface area contributed by atoms with Crippen LogP contribution in [0.3, 0.4) is 0 Å². The van der Waals surface area contributed by atoms with Crippen LogP contribution in [0.2, 0.25) is 10.0 Å². The number of hydrogen-bond donors (Lipinski definition) is 2. The molecular weight excluding hydrogens is 389 g/mol. The van der Waals surface area contributed by atoms with Crippen molar-refractivity contribution in [3.63, 3.8) is 0 Å². The molecule has 1 unspecified atom stereocenters. The van der Waals surface area contributed by atoms with Gasteiger partial charge in [-0.1, -0.05) is 29.3 Å². The number of aromatic nitrogens is 1. The lowest BCUT2D eigenvalue weighted by molar-refractivity contribution is -0.136. The summed E-state index contributed by atoms with van der Waals surface area (Å²) in [4.78, 5) is 40.6. The van der Waals surface area contributed by atoms with E-state index in [0.29, 0.717) is 21.4 Å². The SMILES string of the molecule is O=C(O)Cc1csc(N2C(=O)CC(Nc3c(Cl)cccc3Cl)C2=O)n1. The maximum atomic E-state index is 12.6. The van der Waals surface area contributed by atoms with E-state index in [1.54, 1.807) is 18.2 Å². The smallest absolute Gasteiger partial charge is 0.309 e. The molecule has 1 fully saturated rings. The Morgan fingerprint density at radius 1 is 1.36 bits per heavy atom. The fraction of sp³-hybridized carbons (Fsp3) is 0.200. The van der Waals surface area contributed by atoms with Crippen molar-refractivity contribution in [2.75, 3.05) is 10.2 Å². The molecule has 1 aromatic heterocycles. The molecule has 0 saturated carbocycles. The first kappa shape index (κ1) is 17.7. The first-order chi connectivity index (χ1) is 11.9. The highest BCUT2D eigenvalue weighted by Gasteiger charge is 2.41. The number of hydrogen-bond acceptors (Lipinski definition) is 6. The lowest BCUT2D eigenvalue weighted by Gasteiger charge is -2.15. The zero-order valence-electron chi connectivity index (χ0n) is 12.5. The van der Waals surface area contributed by atoms with Crippen molar-refractivity contribution in [2.24, 2.45) is 0 Å². The van der Waals surface area contributed by atoms with Crippen LogP contribution in [0.1, 0.15) is 12.1 Å².